The first-order chi connectivity index (χ1) is 8.89. The van der Waals surface area contributed by atoms with Gasteiger partial charge in [-0.3, -0.25) is 4.79 Å². The smallest absolute Gasteiger partial charge is 0.254 e. The van der Waals surface area contributed by atoms with Crippen molar-refractivity contribution < 1.29 is 13.2 Å². The minimum absolute atomic E-state index is 0.0299. The zero-order chi connectivity index (χ0) is 14.0. The van der Waals surface area contributed by atoms with Gasteiger partial charge in [-0.15, -0.1) is 0 Å². The number of nitrogens with two attached hydrogens (primary N) is 1. The number of carbonyl (C=O) groups is 1. The zero-order valence-electron chi connectivity index (χ0n) is 10.2. The Morgan fingerprint density at radius 1 is 1.47 bits per heavy atom. The molecule has 0 aliphatic carbocycles. The Bertz CT molecular complexity index is 581. The molecule has 1 saturated heterocycles. The number of anilines is 1. The van der Waals surface area contributed by atoms with Gasteiger partial charge in [0.15, 0.2) is 9.84 Å². The lowest BCUT2D eigenvalue weighted by atomic mass is 10.1. The molecular weight excluding hydrogens is 288 g/mol. The first-order valence-corrected chi connectivity index (χ1v) is 8.11. The van der Waals surface area contributed by atoms with Gasteiger partial charge >= 0.3 is 0 Å². The fourth-order valence-electron chi connectivity index (χ4n) is 2.14. The van der Waals surface area contributed by atoms with E-state index in [4.69, 9.17) is 17.3 Å². The Labute approximate surface area is 117 Å². The molecule has 104 valence electrons. The van der Waals surface area contributed by atoms with E-state index in [0.717, 1.165) is 0 Å². The van der Waals surface area contributed by atoms with Gasteiger partial charge in [0, 0.05) is 12.2 Å². The summed E-state index contributed by atoms with van der Waals surface area (Å²) in [4.78, 5) is 12.0. The third-order valence-corrected chi connectivity index (χ3v) is 5.30. The largest absolute Gasteiger partial charge is 0.398 e. The number of rotatable bonds is 3. The van der Waals surface area contributed by atoms with E-state index in [2.05, 4.69) is 5.32 Å². The number of hydrogen-bond acceptors (Lipinski definition) is 4. The van der Waals surface area contributed by atoms with Crippen LogP contribution in [0.2, 0.25) is 5.02 Å². The van der Waals surface area contributed by atoms with Crippen molar-refractivity contribution in [2.24, 2.45) is 5.92 Å². The van der Waals surface area contributed by atoms with Crippen LogP contribution in [-0.4, -0.2) is 32.4 Å². The van der Waals surface area contributed by atoms with Crippen LogP contribution in [0.4, 0.5) is 5.69 Å². The summed E-state index contributed by atoms with van der Waals surface area (Å²) in [7, 11) is -2.93. The number of nitrogens with one attached hydrogen (secondary N) is 1. The van der Waals surface area contributed by atoms with Crippen LogP contribution in [0.3, 0.4) is 0 Å². The zero-order valence-corrected chi connectivity index (χ0v) is 11.8. The molecule has 1 aromatic rings. The van der Waals surface area contributed by atoms with Crippen molar-refractivity contribution >= 4 is 33.0 Å². The molecule has 1 aliphatic heterocycles. The summed E-state index contributed by atoms with van der Waals surface area (Å²) in [5.41, 5.74) is 6.26. The predicted octanol–water partition coefficient (Wildman–Crippen LogP) is 1.09. The van der Waals surface area contributed by atoms with Crippen molar-refractivity contribution in [3.8, 4) is 0 Å². The Hall–Kier alpha value is -1.27. The molecule has 0 aromatic heterocycles. The molecule has 1 unspecified atom stereocenters. The highest BCUT2D eigenvalue weighted by molar-refractivity contribution is 7.91. The van der Waals surface area contributed by atoms with Gasteiger partial charge in [-0.05, 0) is 24.5 Å². The van der Waals surface area contributed by atoms with E-state index >= 15 is 0 Å². The van der Waals surface area contributed by atoms with Crippen LogP contribution in [0, 0.1) is 5.92 Å². The molecule has 1 aliphatic rings. The highest BCUT2D eigenvalue weighted by Crippen LogP contribution is 2.22. The Morgan fingerprint density at radius 2 is 2.21 bits per heavy atom. The molecule has 19 heavy (non-hydrogen) atoms. The molecule has 0 spiro atoms. The van der Waals surface area contributed by atoms with Crippen molar-refractivity contribution in [1.29, 1.82) is 0 Å². The van der Waals surface area contributed by atoms with Crippen molar-refractivity contribution in [3.05, 3.63) is 28.8 Å². The number of sulfone groups is 1. The Balaban J connectivity index is 1.99. The second-order valence-corrected chi connectivity index (χ2v) is 7.32. The molecule has 0 bridgehead atoms. The SMILES string of the molecule is Nc1cccc(Cl)c1C(=O)NCC1CCS(=O)(=O)C1. The van der Waals surface area contributed by atoms with Crippen LogP contribution in [0.15, 0.2) is 18.2 Å². The minimum Gasteiger partial charge on any atom is -0.398 e. The monoisotopic (exact) mass is 302 g/mol. The van der Waals surface area contributed by atoms with Crippen molar-refractivity contribution in [2.75, 3.05) is 23.8 Å². The summed E-state index contributed by atoms with van der Waals surface area (Å²) < 4.78 is 22.6. The Kier molecular flexibility index (Phi) is 4.01. The molecule has 5 nitrogen and oxygen atoms in total. The molecular formula is C12H15ClN2O3S. The number of hydrogen-bond donors (Lipinski definition) is 2. The minimum atomic E-state index is -2.93. The van der Waals surface area contributed by atoms with Crippen molar-refractivity contribution in [2.45, 2.75) is 6.42 Å². The van der Waals surface area contributed by atoms with Crippen LogP contribution in [-0.2, 0) is 9.84 Å². The molecule has 1 fully saturated rings. The number of amides is 1. The van der Waals surface area contributed by atoms with Gasteiger partial charge in [-0.1, -0.05) is 17.7 Å². The molecule has 0 saturated carbocycles. The second kappa shape index (κ2) is 5.38. The summed E-state index contributed by atoms with van der Waals surface area (Å²) >= 11 is 5.93. The lowest BCUT2D eigenvalue weighted by Crippen LogP contribution is -2.30. The van der Waals surface area contributed by atoms with Gasteiger partial charge in [-0.2, -0.15) is 0 Å². The lowest BCUT2D eigenvalue weighted by Gasteiger charge is -2.11. The highest BCUT2D eigenvalue weighted by atomic mass is 35.5. The molecule has 1 atom stereocenters. The molecule has 2 rings (SSSR count). The van der Waals surface area contributed by atoms with E-state index in [1.807, 2.05) is 0 Å². The molecule has 1 heterocycles. The van der Waals surface area contributed by atoms with E-state index in [1.54, 1.807) is 18.2 Å². The van der Waals surface area contributed by atoms with E-state index in [1.165, 1.54) is 0 Å². The van der Waals surface area contributed by atoms with E-state index < -0.39 is 9.84 Å². The third kappa shape index (κ3) is 3.39. The van der Waals surface area contributed by atoms with Gasteiger partial charge in [-0.25, -0.2) is 8.42 Å². The predicted molar refractivity (Wildman–Crippen MR) is 75.0 cm³/mol. The van der Waals surface area contributed by atoms with Crippen LogP contribution < -0.4 is 11.1 Å². The quantitative estimate of drug-likeness (QED) is 0.818. The number of benzene rings is 1. The molecule has 1 amide bonds. The number of nitrogen functional groups attached to an aromatic ring is 1. The van der Waals surface area contributed by atoms with Crippen LogP contribution >= 0.6 is 11.6 Å². The van der Waals surface area contributed by atoms with Crippen LogP contribution in [0.25, 0.3) is 0 Å². The van der Waals surface area contributed by atoms with Gasteiger partial charge in [0.2, 0.25) is 0 Å². The summed E-state index contributed by atoms with van der Waals surface area (Å²) in [6, 6.07) is 4.85. The van der Waals surface area contributed by atoms with Crippen molar-refractivity contribution in [3.63, 3.8) is 0 Å². The average molecular weight is 303 g/mol. The second-order valence-electron chi connectivity index (χ2n) is 4.68. The lowest BCUT2D eigenvalue weighted by molar-refractivity contribution is 0.0949. The van der Waals surface area contributed by atoms with Gasteiger partial charge in [0.25, 0.3) is 5.91 Å². The molecule has 7 heteroatoms. The number of halogens is 1. The van der Waals surface area contributed by atoms with E-state index in [9.17, 15) is 13.2 Å². The number of carbonyl (C=O) groups excluding carboxylic acids is 1. The molecule has 0 radical (unpaired) electrons. The maximum atomic E-state index is 12.0. The van der Waals surface area contributed by atoms with E-state index in [0.29, 0.717) is 18.7 Å². The highest BCUT2D eigenvalue weighted by Gasteiger charge is 2.28. The van der Waals surface area contributed by atoms with E-state index in [-0.39, 0.29) is 33.9 Å². The summed E-state index contributed by atoms with van der Waals surface area (Å²) in [6.07, 6.45) is 0.584. The normalized spacial score (nSPS) is 21.2. The average Bonchev–Trinajstić information content (AvgIpc) is 2.66. The van der Waals surface area contributed by atoms with Gasteiger partial charge < -0.3 is 11.1 Å². The summed E-state index contributed by atoms with van der Waals surface area (Å²) in [6.45, 7) is 0.322. The standard InChI is InChI=1S/C12H15ClN2O3S/c13-9-2-1-3-10(14)11(9)12(16)15-6-8-4-5-19(17,18)7-8/h1-3,8H,4-7,14H2,(H,15,16). The van der Waals surface area contributed by atoms with Crippen LogP contribution in [0.5, 0.6) is 0 Å². The summed E-state index contributed by atoms with van der Waals surface area (Å²) in [5.74, 6) is -0.0717. The fourth-order valence-corrected chi connectivity index (χ4v) is 4.27. The maximum Gasteiger partial charge on any atom is 0.254 e. The first-order valence-electron chi connectivity index (χ1n) is 5.91. The molecule has 3 N–H and O–H groups in total. The van der Waals surface area contributed by atoms with Gasteiger partial charge in [0.1, 0.15) is 0 Å². The fraction of sp³-hybridized carbons (Fsp3) is 0.417. The third-order valence-electron chi connectivity index (χ3n) is 3.15. The summed E-state index contributed by atoms with van der Waals surface area (Å²) in [5, 5.41) is 2.98. The van der Waals surface area contributed by atoms with Crippen molar-refractivity contribution in [1.82, 2.24) is 5.32 Å². The first kappa shape index (κ1) is 14.1. The topological polar surface area (TPSA) is 89.3 Å². The molecule has 1 aromatic carbocycles. The van der Waals surface area contributed by atoms with Crippen LogP contribution in [0.1, 0.15) is 16.8 Å². The van der Waals surface area contributed by atoms with Gasteiger partial charge in [0.05, 0.1) is 22.1 Å². The maximum absolute atomic E-state index is 12.0. The Morgan fingerprint density at radius 3 is 2.79 bits per heavy atom.